The Bertz CT molecular complexity index is 457. The Morgan fingerprint density at radius 3 is 2.21 bits per heavy atom. The van der Waals surface area contributed by atoms with Crippen LogP contribution in [0.25, 0.3) is 0 Å². The molecule has 0 spiro atoms. The summed E-state index contributed by atoms with van der Waals surface area (Å²) in [7, 11) is 0. The molecule has 0 N–H and O–H groups in total. The van der Waals surface area contributed by atoms with Crippen molar-refractivity contribution >= 4 is 0 Å². The van der Waals surface area contributed by atoms with Crippen molar-refractivity contribution in [3.63, 3.8) is 0 Å². The molecule has 0 aliphatic heterocycles. The summed E-state index contributed by atoms with van der Waals surface area (Å²) in [6, 6.07) is 21.2. The predicted molar refractivity (Wildman–Crippen MR) is 70.2 cm³/mol. The van der Waals surface area contributed by atoms with E-state index in [0.717, 1.165) is 5.75 Å². The summed E-state index contributed by atoms with van der Waals surface area (Å²) in [5, 5.41) is 0. The number of halogens is 1. The van der Waals surface area contributed by atoms with Crippen LogP contribution < -0.4 is 9.44 Å². The largest absolute Gasteiger partial charge is 1.00 e. The monoisotopic (exact) mass is 350 g/mol. The molecular weight excluding hydrogens is 334 g/mol. The van der Waals surface area contributed by atoms with Crippen molar-refractivity contribution in [3.8, 4) is 5.75 Å². The molecule has 19 heavy (non-hydrogen) atoms. The van der Waals surface area contributed by atoms with Gasteiger partial charge in [0.05, 0.1) is 6.61 Å². The van der Waals surface area contributed by atoms with Crippen LogP contribution in [0.2, 0.25) is 0 Å². The van der Waals surface area contributed by atoms with E-state index >= 15 is 0 Å². The normalized spacial score (nSPS) is 10.0. The number of rotatable bonds is 4. The topological polar surface area (TPSA) is 9.23 Å². The van der Waals surface area contributed by atoms with E-state index in [1.165, 1.54) is 5.56 Å². The quantitative estimate of drug-likeness (QED) is 0.743. The third-order valence-electron chi connectivity index (χ3n) is 2.78. The summed E-state index contributed by atoms with van der Waals surface area (Å²) in [6.45, 7) is 4.99. The Hall–Kier alpha value is -1.17. The van der Waals surface area contributed by atoms with E-state index in [1.54, 1.807) is 0 Å². The number of hydrogen-bond donors (Lipinski definition) is 0. The molecule has 0 aliphatic carbocycles. The van der Waals surface area contributed by atoms with Crippen LogP contribution in [0.5, 0.6) is 5.75 Å². The van der Waals surface area contributed by atoms with Crippen molar-refractivity contribution < 1.29 is 29.9 Å². The van der Waals surface area contributed by atoms with Crippen LogP contribution >= 0.6 is 0 Å². The average molecular weight is 351 g/mol. The Morgan fingerprint density at radius 1 is 1.00 bits per heavy atom. The minimum Gasteiger partial charge on any atom is -1.00 e. The summed E-state index contributed by atoms with van der Waals surface area (Å²) < 4.78 is 5.81. The van der Waals surface area contributed by atoms with E-state index in [1.807, 2.05) is 48.5 Å². The van der Waals surface area contributed by atoms with Gasteiger partial charge in [-0.25, -0.2) is 0 Å². The van der Waals surface area contributed by atoms with Crippen LogP contribution in [-0.2, 0) is 25.8 Å². The fourth-order valence-electron chi connectivity index (χ4n) is 1.67. The van der Waals surface area contributed by atoms with Gasteiger partial charge >= 0.3 is 0 Å². The fraction of sp³-hybridized carbons (Fsp3) is 0.250. The molecule has 0 saturated carbocycles. The summed E-state index contributed by atoms with van der Waals surface area (Å²) in [5.74, 6) is 0.913. The van der Waals surface area contributed by atoms with Gasteiger partial charge in [-0.15, -0.1) is 0 Å². The molecule has 2 aromatic rings. The van der Waals surface area contributed by atoms with Crippen molar-refractivity contribution in [2.24, 2.45) is 0 Å². The molecule has 0 atom stereocenters. The molecule has 105 valence electrons. The van der Waals surface area contributed by atoms with Crippen molar-refractivity contribution in [1.29, 1.82) is 0 Å². The second-order valence-electron chi connectivity index (χ2n) is 4.76. The van der Waals surface area contributed by atoms with Gasteiger partial charge in [-0.1, -0.05) is 56.3 Å². The maximum atomic E-state index is 5.81. The molecule has 0 aliphatic rings. The molecule has 0 aromatic heterocycles. The standard InChI is InChI=1S/C16H17O.FH.Pd/c1-16(2,14-9-5-3-6-10-14)13-17-15-11-7-4-8-12-15;;/h3-9,11-12H,13H2,1-2H3;1H;/p-1. The van der Waals surface area contributed by atoms with Crippen LogP contribution in [0.15, 0.2) is 54.6 Å². The van der Waals surface area contributed by atoms with E-state index in [-0.39, 0.29) is 30.5 Å². The van der Waals surface area contributed by atoms with Crippen LogP contribution in [0.4, 0.5) is 0 Å². The molecule has 0 fully saturated rings. The third-order valence-corrected chi connectivity index (χ3v) is 2.78. The van der Waals surface area contributed by atoms with Gasteiger partial charge in [0.2, 0.25) is 0 Å². The summed E-state index contributed by atoms with van der Waals surface area (Å²) in [6.07, 6.45) is 0. The number of hydrogen-bond acceptors (Lipinski definition) is 1. The van der Waals surface area contributed by atoms with Gasteiger partial charge in [0.15, 0.2) is 0 Å². The molecule has 2 aromatic carbocycles. The second kappa shape index (κ2) is 8.09. The molecule has 0 saturated heterocycles. The van der Waals surface area contributed by atoms with E-state index in [2.05, 4.69) is 26.0 Å². The zero-order valence-corrected chi connectivity index (χ0v) is 12.6. The SMILES string of the molecule is CC(C)(COc1ccccc1)c1[c]cccc1.[F-].[Pd]. The second-order valence-corrected chi connectivity index (χ2v) is 4.76. The summed E-state index contributed by atoms with van der Waals surface area (Å²) in [5.41, 5.74) is 1.15. The number of benzene rings is 2. The first-order chi connectivity index (χ1) is 8.18. The Morgan fingerprint density at radius 2 is 1.63 bits per heavy atom. The first-order valence-electron chi connectivity index (χ1n) is 5.83. The zero-order valence-electron chi connectivity index (χ0n) is 11.0. The van der Waals surface area contributed by atoms with Gasteiger partial charge in [-0.3, -0.25) is 0 Å². The maximum absolute atomic E-state index is 5.81. The van der Waals surface area contributed by atoms with E-state index in [0.29, 0.717) is 6.61 Å². The van der Waals surface area contributed by atoms with E-state index in [9.17, 15) is 0 Å². The van der Waals surface area contributed by atoms with Crippen LogP contribution in [0.3, 0.4) is 0 Å². The van der Waals surface area contributed by atoms with Crippen molar-refractivity contribution in [2.45, 2.75) is 19.3 Å². The first kappa shape index (κ1) is 17.8. The molecular formula is C16H17FOPd-. The number of para-hydroxylation sites is 1. The van der Waals surface area contributed by atoms with Gasteiger partial charge in [0.1, 0.15) is 5.75 Å². The summed E-state index contributed by atoms with van der Waals surface area (Å²) >= 11 is 0. The molecule has 1 radical (unpaired) electrons. The van der Waals surface area contributed by atoms with Gasteiger partial charge in [-0.2, -0.15) is 0 Å². The molecule has 0 bridgehead atoms. The van der Waals surface area contributed by atoms with E-state index < -0.39 is 0 Å². The average Bonchev–Trinajstić information content (AvgIpc) is 2.39. The Balaban J connectivity index is 0.00000162. The first-order valence-corrected chi connectivity index (χ1v) is 5.83. The zero-order chi connectivity index (χ0) is 12.1. The minimum atomic E-state index is -0.0307. The van der Waals surface area contributed by atoms with E-state index in [4.69, 9.17) is 4.74 Å². The van der Waals surface area contributed by atoms with Gasteiger partial charge in [-0.05, 0) is 23.8 Å². The van der Waals surface area contributed by atoms with Crippen LogP contribution in [0.1, 0.15) is 19.4 Å². The molecule has 0 unspecified atom stereocenters. The Labute approximate surface area is 128 Å². The molecule has 3 heteroatoms. The predicted octanol–water partition coefficient (Wildman–Crippen LogP) is 0.845. The van der Waals surface area contributed by atoms with Crippen LogP contribution in [0, 0.1) is 6.07 Å². The van der Waals surface area contributed by atoms with Crippen molar-refractivity contribution in [3.05, 3.63) is 66.2 Å². The summed E-state index contributed by atoms with van der Waals surface area (Å²) in [4.78, 5) is 0. The molecule has 2 rings (SSSR count). The number of ether oxygens (including phenoxy) is 1. The van der Waals surface area contributed by atoms with Gasteiger partial charge < -0.3 is 9.44 Å². The molecule has 0 heterocycles. The molecule has 0 amide bonds. The maximum Gasteiger partial charge on any atom is 0.119 e. The van der Waals surface area contributed by atoms with Crippen LogP contribution in [-0.4, -0.2) is 6.61 Å². The third kappa shape index (κ3) is 5.14. The minimum absolute atomic E-state index is 0. The molecule has 1 nitrogen and oxygen atoms in total. The van der Waals surface area contributed by atoms with Gasteiger partial charge in [0, 0.05) is 25.8 Å². The smallest absolute Gasteiger partial charge is 0.119 e. The van der Waals surface area contributed by atoms with Crippen molar-refractivity contribution in [1.82, 2.24) is 0 Å². The van der Waals surface area contributed by atoms with Crippen molar-refractivity contribution in [2.75, 3.05) is 6.61 Å². The Kier molecular flexibility index (Phi) is 7.60. The van der Waals surface area contributed by atoms with Gasteiger partial charge in [0.25, 0.3) is 0 Å². The fourth-order valence-corrected chi connectivity index (χ4v) is 1.67.